The van der Waals surface area contributed by atoms with Crippen LogP contribution in [-0.2, 0) is 6.54 Å². The van der Waals surface area contributed by atoms with Gasteiger partial charge in [-0.2, -0.15) is 0 Å². The van der Waals surface area contributed by atoms with Gasteiger partial charge in [-0.1, -0.05) is 0 Å². The van der Waals surface area contributed by atoms with E-state index in [1.807, 2.05) is 29.8 Å². The average Bonchev–Trinajstić information content (AvgIpc) is 3.33. The molecule has 28 heavy (non-hydrogen) atoms. The number of hydrogen-bond donors (Lipinski definition) is 0. The number of nitrogens with zero attached hydrogens (tertiary/aromatic N) is 1. The monoisotopic (exact) mass is 383 g/mol. The van der Waals surface area contributed by atoms with Crippen molar-refractivity contribution in [3.8, 4) is 28.7 Å². The van der Waals surface area contributed by atoms with Crippen LogP contribution in [-0.4, -0.2) is 38.5 Å². The molecule has 0 amide bonds. The van der Waals surface area contributed by atoms with Gasteiger partial charge < -0.3 is 28.3 Å². The molecule has 2 aromatic carbocycles. The summed E-state index contributed by atoms with van der Waals surface area (Å²) in [5.74, 6) is 2.49. The molecular weight excluding hydrogens is 362 g/mol. The SMILES string of the molecule is CCn1cc(C(=O)c2cc(OC)c(OC)c(OC)c2)c2cc3c(cc21)OCO3. The fourth-order valence-electron chi connectivity index (χ4n) is 3.49. The van der Waals surface area contributed by atoms with Crippen LogP contribution >= 0.6 is 0 Å². The number of carbonyl (C=O) groups is 1. The van der Waals surface area contributed by atoms with Crippen molar-refractivity contribution in [2.24, 2.45) is 0 Å². The minimum Gasteiger partial charge on any atom is -0.493 e. The van der Waals surface area contributed by atoms with Crippen LogP contribution in [0.3, 0.4) is 0 Å². The van der Waals surface area contributed by atoms with E-state index in [2.05, 4.69) is 0 Å². The van der Waals surface area contributed by atoms with Gasteiger partial charge in [0, 0.05) is 35.3 Å². The molecule has 0 fully saturated rings. The standard InChI is InChI=1S/C21H21NO6/c1-5-22-10-14(13-8-16-17(9-15(13)22)28-11-27-16)20(23)12-6-18(24-2)21(26-4)19(7-12)25-3/h6-10H,5,11H2,1-4H3. The summed E-state index contributed by atoms with van der Waals surface area (Å²) in [5.41, 5.74) is 1.94. The molecule has 3 aromatic rings. The van der Waals surface area contributed by atoms with Crippen LogP contribution in [0, 0.1) is 0 Å². The van der Waals surface area contributed by atoms with Gasteiger partial charge in [0.05, 0.1) is 26.8 Å². The number of ketones is 1. The molecule has 7 heteroatoms. The second-order valence-electron chi connectivity index (χ2n) is 6.29. The average molecular weight is 383 g/mol. The zero-order chi connectivity index (χ0) is 19.8. The molecule has 2 heterocycles. The third-order valence-corrected chi connectivity index (χ3v) is 4.89. The van der Waals surface area contributed by atoms with Crippen molar-refractivity contribution >= 4 is 16.7 Å². The molecule has 0 bridgehead atoms. The number of ether oxygens (including phenoxy) is 5. The predicted octanol–water partition coefficient (Wildman–Crippen LogP) is 3.65. The van der Waals surface area contributed by atoms with E-state index in [1.54, 1.807) is 12.1 Å². The third kappa shape index (κ3) is 2.70. The summed E-state index contributed by atoms with van der Waals surface area (Å²) in [5, 5.41) is 0.810. The van der Waals surface area contributed by atoms with E-state index < -0.39 is 0 Å². The van der Waals surface area contributed by atoms with Gasteiger partial charge in [0.1, 0.15) is 0 Å². The summed E-state index contributed by atoms with van der Waals surface area (Å²) in [6, 6.07) is 7.08. The lowest BCUT2D eigenvalue weighted by molar-refractivity contribution is 0.103. The third-order valence-electron chi connectivity index (χ3n) is 4.89. The van der Waals surface area contributed by atoms with Gasteiger partial charge in [-0.3, -0.25) is 4.79 Å². The number of fused-ring (bicyclic) bond motifs is 2. The molecule has 0 saturated carbocycles. The molecule has 0 radical (unpaired) electrons. The number of methoxy groups -OCH3 is 3. The fourth-order valence-corrected chi connectivity index (χ4v) is 3.49. The van der Waals surface area contributed by atoms with Gasteiger partial charge >= 0.3 is 0 Å². The van der Waals surface area contributed by atoms with E-state index in [-0.39, 0.29) is 12.6 Å². The molecule has 0 N–H and O–H groups in total. The molecule has 7 nitrogen and oxygen atoms in total. The second-order valence-corrected chi connectivity index (χ2v) is 6.29. The van der Waals surface area contributed by atoms with Gasteiger partial charge in [0.2, 0.25) is 12.5 Å². The number of carbonyl (C=O) groups excluding carboxylic acids is 1. The van der Waals surface area contributed by atoms with Crippen LogP contribution in [0.25, 0.3) is 10.9 Å². The maximum atomic E-state index is 13.4. The van der Waals surface area contributed by atoms with Crippen molar-refractivity contribution in [3.05, 3.63) is 41.6 Å². The highest BCUT2D eigenvalue weighted by molar-refractivity contribution is 6.17. The first-order valence-electron chi connectivity index (χ1n) is 8.88. The van der Waals surface area contributed by atoms with Gasteiger partial charge in [0.15, 0.2) is 28.8 Å². The number of benzene rings is 2. The summed E-state index contributed by atoms with van der Waals surface area (Å²) in [6.45, 7) is 2.93. The Bertz CT molecular complexity index is 1040. The molecule has 146 valence electrons. The van der Waals surface area contributed by atoms with Crippen LogP contribution in [0.4, 0.5) is 0 Å². The lowest BCUT2D eigenvalue weighted by atomic mass is 10.0. The van der Waals surface area contributed by atoms with Gasteiger partial charge in [0.25, 0.3) is 0 Å². The Morgan fingerprint density at radius 1 is 1.00 bits per heavy atom. The van der Waals surface area contributed by atoms with E-state index in [1.165, 1.54) is 21.3 Å². The lowest BCUT2D eigenvalue weighted by Crippen LogP contribution is -2.04. The van der Waals surface area contributed by atoms with E-state index in [4.69, 9.17) is 23.7 Å². The number of aryl methyl sites for hydroxylation is 1. The summed E-state index contributed by atoms with van der Waals surface area (Å²) in [4.78, 5) is 13.4. The first-order chi connectivity index (χ1) is 13.6. The van der Waals surface area contributed by atoms with E-state index in [0.29, 0.717) is 39.9 Å². The van der Waals surface area contributed by atoms with Crippen LogP contribution < -0.4 is 23.7 Å². The van der Waals surface area contributed by atoms with E-state index >= 15 is 0 Å². The summed E-state index contributed by atoms with van der Waals surface area (Å²) in [6.07, 6.45) is 1.85. The molecule has 1 aliphatic rings. The van der Waals surface area contributed by atoms with Crippen molar-refractivity contribution in [1.82, 2.24) is 4.57 Å². The van der Waals surface area contributed by atoms with Crippen molar-refractivity contribution < 1.29 is 28.5 Å². The number of hydrogen-bond acceptors (Lipinski definition) is 6. The summed E-state index contributed by atoms with van der Waals surface area (Å²) < 4.78 is 29.1. The van der Waals surface area contributed by atoms with Crippen molar-refractivity contribution in [2.45, 2.75) is 13.5 Å². The summed E-state index contributed by atoms with van der Waals surface area (Å²) >= 11 is 0. The molecule has 0 aliphatic carbocycles. The Hall–Kier alpha value is -3.35. The van der Waals surface area contributed by atoms with Crippen LogP contribution in [0.5, 0.6) is 28.7 Å². The maximum absolute atomic E-state index is 13.4. The molecule has 0 atom stereocenters. The Morgan fingerprint density at radius 3 is 2.21 bits per heavy atom. The highest BCUT2D eigenvalue weighted by Crippen LogP contribution is 2.41. The van der Waals surface area contributed by atoms with Crippen molar-refractivity contribution in [1.29, 1.82) is 0 Å². The predicted molar refractivity (Wildman–Crippen MR) is 103 cm³/mol. The molecule has 0 spiro atoms. The highest BCUT2D eigenvalue weighted by Gasteiger charge is 2.24. The Morgan fingerprint density at radius 2 is 1.64 bits per heavy atom. The van der Waals surface area contributed by atoms with Crippen LogP contribution in [0.2, 0.25) is 0 Å². The Labute approximate surface area is 162 Å². The van der Waals surface area contributed by atoms with Crippen LogP contribution in [0.1, 0.15) is 22.8 Å². The topological polar surface area (TPSA) is 68.2 Å². The Kier molecular flexibility index (Phi) is 4.50. The summed E-state index contributed by atoms with van der Waals surface area (Å²) in [7, 11) is 4.57. The van der Waals surface area contributed by atoms with Gasteiger partial charge in [-0.25, -0.2) is 0 Å². The van der Waals surface area contributed by atoms with Gasteiger partial charge in [-0.05, 0) is 25.1 Å². The zero-order valence-electron chi connectivity index (χ0n) is 16.2. The molecule has 4 rings (SSSR count). The molecule has 1 aromatic heterocycles. The second kappa shape index (κ2) is 6.99. The quantitative estimate of drug-likeness (QED) is 0.606. The van der Waals surface area contributed by atoms with E-state index in [9.17, 15) is 4.79 Å². The van der Waals surface area contributed by atoms with Crippen molar-refractivity contribution in [2.75, 3.05) is 28.1 Å². The smallest absolute Gasteiger partial charge is 0.231 e. The first-order valence-corrected chi connectivity index (χ1v) is 8.88. The Balaban J connectivity index is 1.88. The van der Waals surface area contributed by atoms with Crippen molar-refractivity contribution in [3.63, 3.8) is 0 Å². The van der Waals surface area contributed by atoms with Gasteiger partial charge in [-0.15, -0.1) is 0 Å². The number of rotatable bonds is 6. The largest absolute Gasteiger partial charge is 0.493 e. The highest BCUT2D eigenvalue weighted by atomic mass is 16.7. The lowest BCUT2D eigenvalue weighted by Gasteiger charge is -2.13. The fraction of sp³-hybridized carbons (Fsp3) is 0.286. The first kappa shape index (κ1) is 18.0. The number of aromatic nitrogens is 1. The van der Waals surface area contributed by atoms with Crippen LogP contribution in [0.15, 0.2) is 30.5 Å². The van der Waals surface area contributed by atoms with E-state index in [0.717, 1.165) is 17.4 Å². The molecule has 0 saturated heterocycles. The normalized spacial score (nSPS) is 12.3. The molecular formula is C21H21NO6. The minimum atomic E-state index is -0.143. The molecule has 0 unspecified atom stereocenters. The maximum Gasteiger partial charge on any atom is 0.231 e. The minimum absolute atomic E-state index is 0.143. The zero-order valence-corrected chi connectivity index (χ0v) is 16.2. The molecule has 1 aliphatic heterocycles.